The zero-order chi connectivity index (χ0) is 83.1. The van der Waals surface area contributed by atoms with Crippen LogP contribution >= 0.6 is 0 Å². The summed E-state index contributed by atoms with van der Waals surface area (Å²) in [7, 11) is 0. The standard InChI is InChI=1S/C81H135N13O16/c1-22-50(18)66(77(104)93-69-53(21)110-81(108)65(48(14)15)89-71(98)56(24-3)83-72(99)57(41-54-34-27-25-28-35-54)84-73(100)62(45(8)9)86-76(103)67(51(19)23-2)91-79(69)106)90-70(97)55(36-29-26-30-39-82)42-59(95)58-37-32-40-94(58)80(107)64(47(12)13)88-75(102)63(46(10)11)87-78(105)68(52(20)109-49(16)17)92-74(101)61(44(6)7)85-60(96)38-31-33-43(4)5/h24-25,27-28,34-35,43-53,55,57-58,61-69H,22-23,26,29-33,36-42,82H2,1-21H3,(H,83,99)(H,84,100)(H,85,96)(H,86,103)(H,87,105)(H,88,102)(H,89,98)(H,90,97)(H,91,106)(H,92,101)(H,93,104)/b56-24-/t50-,51-,52+,53-,55+,57-,58+,61+,62+,63-,64+,65-,66+,67+,68-,69+/m0/s1. The van der Waals surface area contributed by atoms with Crippen LogP contribution in [0.5, 0.6) is 0 Å². The molecule has 2 aliphatic rings. The van der Waals surface area contributed by atoms with Crippen molar-refractivity contribution in [3.63, 3.8) is 0 Å². The zero-order valence-electron chi connectivity index (χ0n) is 69.4. The first-order valence-electron chi connectivity index (χ1n) is 40.1. The van der Waals surface area contributed by atoms with Gasteiger partial charge in [0.15, 0.2) is 5.78 Å². The first-order chi connectivity index (χ1) is 51.6. The highest BCUT2D eigenvalue weighted by Crippen LogP contribution is 2.27. The lowest BCUT2D eigenvalue weighted by Crippen LogP contribution is -2.63. The van der Waals surface area contributed by atoms with Crippen LogP contribution in [0.3, 0.4) is 0 Å². The maximum atomic E-state index is 15.2. The second-order valence-electron chi connectivity index (χ2n) is 32.3. The molecule has 1 aromatic rings. The van der Waals surface area contributed by atoms with Crippen molar-refractivity contribution in [3.05, 3.63) is 47.7 Å². The molecule has 13 N–H and O–H groups in total. The van der Waals surface area contributed by atoms with Gasteiger partial charge in [-0.3, -0.25) is 62.3 Å². The Labute approximate surface area is 653 Å². The normalized spacial score (nSPS) is 22.2. The van der Waals surface area contributed by atoms with E-state index < -0.39 is 197 Å². The summed E-state index contributed by atoms with van der Waals surface area (Å²) in [4.78, 5) is 205. The number of benzene rings is 1. The highest BCUT2D eigenvalue weighted by Gasteiger charge is 2.45. The molecule has 110 heavy (non-hydrogen) atoms. The molecule has 2 aliphatic heterocycles. The van der Waals surface area contributed by atoms with Gasteiger partial charge < -0.3 is 78.6 Å². The summed E-state index contributed by atoms with van der Waals surface area (Å²) in [5.74, 6) is -15.0. The molecule has 0 aliphatic carbocycles. The molecule has 3 rings (SSSR count). The molecule has 29 heteroatoms. The maximum Gasteiger partial charge on any atom is 0.329 e. The highest BCUT2D eigenvalue weighted by molar-refractivity contribution is 6.03. The minimum atomic E-state index is -1.80. The Balaban J connectivity index is 2.05. The second-order valence-corrected chi connectivity index (χ2v) is 32.3. The molecule has 620 valence electrons. The Morgan fingerprint density at radius 2 is 1.15 bits per heavy atom. The predicted octanol–water partition coefficient (Wildman–Crippen LogP) is 5.14. The van der Waals surface area contributed by atoms with Crippen LogP contribution in [0.15, 0.2) is 42.1 Å². The molecule has 12 amide bonds. The van der Waals surface area contributed by atoms with Crippen molar-refractivity contribution in [2.75, 3.05) is 13.1 Å². The Morgan fingerprint density at radius 3 is 1.70 bits per heavy atom. The number of hydrogen-bond acceptors (Lipinski definition) is 17. The molecule has 0 unspecified atom stereocenters. The third-order valence-electron chi connectivity index (χ3n) is 20.5. The number of unbranched alkanes of at least 4 members (excludes halogenated alkanes) is 2. The maximum absolute atomic E-state index is 15.2. The molecule has 0 spiro atoms. The zero-order valence-corrected chi connectivity index (χ0v) is 69.4. The summed E-state index contributed by atoms with van der Waals surface area (Å²) in [6.45, 7) is 36.5. The number of nitrogens with two attached hydrogens (primary N) is 1. The lowest BCUT2D eigenvalue weighted by Gasteiger charge is -2.34. The van der Waals surface area contributed by atoms with Gasteiger partial charge in [0, 0.05) is 31.7 Å². The molecule has 0 aromatic heterocycles. The lowest BCUT2D eigenvalue weighted by atomic mass is 9.90. The molecule has 2 heterocycles. The molecular weight excluding hydrogens is 1410 g/mol. The number of esters is 1. The van der Waals surface area contributed by atoms with Crippen LogP contribution in [0.25, 0.3) is 0 Å². The third-order valence-corrected chi connectivity index (χ3v) is 20.5. The van der Waals surface area contributed by atoms with Crippen LogP contribution in [0.1, 0.15) is 228 Å². The van der Waals surface area contributed by atoms with Gasteiger partial charge in [-0.2, -0.15) is 0 Å². The molecule has 1 aromatic carbocycles. The number of cyclic esters (lactones) is 1. The van der Waals surface area contributed by atoms with Crippen LogP contribution in [-0.2, 0) is 83.0 Å². The van der Waals surface area contributed by atoms with Crippen molar-refractivity contribution >= 4 is 82.6 Å². The van der Waals surface area contributed by atoms with Crippen LogP contribution in [0.2, 0.25) is 0 Å². The van der Waals surface area contributed by atoms with E-state index in [4.69, 9.17) is 15.2 Å². The van der Waals surface area contributed by atoms with Crippen LogP contribution in [0, 0.1) is 53.3 Å². The number of likely N-dealkylation sites (tertiary alicyclic amines) is 1. The van der Waals surface area contributed by atoms with E-state index in [1.165, 1.54) is 24.8 Å². The fourth-order valence-corrected chi connectivity index (χ4v) is 13.3. The van der Waals surface area contributed by atoms with Gasteiger partial charge >= 0.3 is 5.97 Å². The number of ketones is 1. The van der Waals surface area contributed by atoms with E-state index in [9.17, 15) is 52.7 Å². The van der Waals surface area contributed by atoms with Crippen LogP contribution < -0.4 is 64.2 Å². The lowest BCUT2D eigenvalue weighted by molar-refractivity contribution is -0.157. The Morgan fingerprint density at radius 1 is 0.600 bits per heavy atom. The molecule has 2 fully saturated rings. The number of hydrogen-bond donors (Lipinski definition) is 12. The summed E-state index contributed by atoms with van der Waals surface area (Å²) in [6.07, 6.45) is 2.74. The van der Waals surface area contributed by atoms with Crippen molar-refractivity contribution in [2.24, 2.45) is 59.0 Å². The largest absolute Gasteiger partial charge is 0.458 e. The monoisotopic (exact) mass is 1550 g/mol. The minimum Gasteiger partial charge on any atom is -0.458 e. The molecule has 0 radical (unpaired) electrons. The molecule has 0 bridgehead atoms. The van der Waals surface area contributed by atoms with Crippen LogP contribution in [0.4, 0.5) is 0 Å². The average molecular weight is 1550 g/mol. The third kappa shape index (κ3) is 30.1. The van der Waals surface area contributed by atoms with Gasteiger partial charge in [-0.25, -0.2) is 4.79 Å². The number of carbonyl (C=O) groups is 14. The van der Waals surface area contributed by atoms with Gasteiger partial charge in [0.2, 0.25) is 65.0 Å². The number of ether oxygens (including phenoxy) is 2. The quantitative estimate of drug-likeness (QED) is 0.0232. The first kappa shape index (κ1) is 95.9. The Bertz CT molecular complexity index is 3270. The van der Waals surface area contributed by atoms with Crippen molar-refractivity contribution in [3.8, 4) is 0 Å². The van der Waals surface area contributed by atoms with Crippen molar-refractivity contribution in [1.82, 2.24) is 63.4 Å². The van der Waals surface area contributed by atoms with Gasteiger partial charge in [-0.05, 0) is 126 Å². The van der Waals surface area contributed by atoms with Gasteiger partial charge in [0.25, 0.3) is 5.91 Å². The number of rotatable bonds is 38. The topological polar surface area (TPSA) is 419 Å². The SMILES string of the molecule is C/C=C1\NC(=O)[C@H](Cc2ccccc2)NC(=O)[C@@H](C(C)C)NC(=O)[C@@H]([C@@H](C)CC)NC(=O)[C@H](NC(=O)[C@H](NC(=O)[C@H](CCCCCN)CC(=O)[C@H]2CCCN2C(=O)[C@H](NC(=O)[C@@H](NC(=O)[C@@H](NC(=O)[C@H](NC(=O)CCCC(C)C)C(C)C)[C@@H](C)OC(C)C)C(C)C)C(C)C)[C@@H](C)CC)[C@H](C)OC(=O)[C@H](C(C)C)NC1=O. The van der Waals surface area contributed by atoms with E-state index in [1.54, 1.807) is 148 Å². The fraction of sp³-hybridized carbons (Fsp3) is 0.728. The molecular formula is C81H135N13O16. The van der Waals surface area contributed by atoms with E-state index in [2.05, 4.69) is 72.3 Å². The number of nitrogens with zero attached hydrogens (tertiary/aromatic N) is 1. The number of Topliss-reactive ketones (excluding diaryl/α,β-unsaturated/α-hetero) is 1. The van der Waals surface area contributed by atoms with Crippen molar-refractivity contribution in [2.45, 2.75) is 314 Å². The minimum absolute atomic E-state index is 0.0296. The number of amides is 12. The number of allylic oxidation sites excluding steroid dienone is 1. The van der Waals surface area contributed by atoms with Gasteiger partial charge in [0.1, 0.15) is 72.2 Å². The fourth-order valence-electron chi connectivity index (χ4n) is 13.3. The average Bonchev–Trinajstić information content (AvgIpc) is 1.56. The van der Waals surface area contributed by atoms with E-state index >= 15 is 14.4 Å². The summed E-state index contributed by atoms with van der Waals surface area (Å²) in [6, 6.07) is -5.62. The first-order valence-corrected chi connectivity index (χ1v) is 40.1. The molecule has 0 saturated carbocycles. The van der Waals surface area contributed by atoms with Crippen molar-refractivity contribution in [1.29, 1.82) is 0 Å². The number of carbonyl (C=O) groups excluding carboxylic acids is 14. The van der Waals surface area contributed by atoms with Crippen LogP contribution in [-0.4, -0.2) is 185 Å². The summed E-state index contributed by atoms with van der Waals surface area (Å²) in [5.41, 5.74) is 6.28. The van der Waals surface area contributed by atoms with E-state index in [-0.39, 0.29) is 62.3 Å². The Kier molecular flexibility index (Phi) is 41.1. The predicted molar refractivity (Wildman–Crippen MR) is 420 cm³/mol. The van der Waals surface area contributed by atoms with E-state index in [0.717, 1.165) is 6.42 Å². The number of nitrogens with one attached hydrogen (secondary N) is 11. The van der Waals surface area contributed by atoms with Gasteiger partial charge in [-0.15, -0.1) is 0 Å². The summed E-state index contributed by atoms with van der Waals surface area (Å²) < 4.78 is 12.0. The second kappa shape index (κ2) is 47.1. The molecule has 2 saturated heterocycles. The Hall–Kier alpha value is -8.34. The smallest absolute Gasteiger partial charge is 0.329 e. The van der Waals surface area contributed by atoms with Gasteiger partial charge in [-0.1, -0.05) is 179 Å². The van der Waals surface area contributed by atoms with E-state index in [1.807, 2.05) is 0 Å². The van der Waals surface area contributed by atoms with Crippen molar-refractivity contribution < 1.29 is 76.6 Å². The van der Waals surface area contributed by atoms with Gasteiger partial charge in [0.05, 0.1) is 18.2 Å². The van der Waals surface area contributed by atoms with E-state index in [0.29, 0.717) is 63.0 Å². The molecule has 29 nitrogen and oxygen atoms in total. The molecule has 16 atom stereocenters. The summed E-state index contributed by atoms with van der Waals surface area (Å²) in [5, 5.41) is 30.5. The summed E-state index contributed by atoms with van der Waals surface area (Å²) >= 11 is 0. The highest BCUT2D eigenvalue weighted by atomic mass is 16.5.